The number of hydrogen-bond donors (Lipinski definition) is 1. The van der Waals surface area contributed by atoms with E-state index in [0.29, 0.717) is 25.3 Å². The molecule has 0 atom stereocenters. The summed E-state index contributed by atoms with van der Waals surface area (Å²) in [5, 5.41) is 10.3. The predicted octanol–water partition coefficient (Wildman–Crippen LogP) is 2.10. The van der Waals surface area contributed by atoms with E-state index in [1.54, 1.807) is 16.3 Å². The fourth-order valence-electron chi connectivity index (χ4n) is 2.08. The van der Waals surface area contributed by atoms with Crippen LogP contribution in [0.5, 0.6) is 0 Å². The van der Waals surface area contributed by atoms with E-state index in [0.717, 1.165) is 11.0 Å². The maximum absolute atomic E-state index is 12.4. The number of amides is 1. The summed E-state index contributed by atoms with van der Waals surface area (Å²) in [5.74, 6) is -1.03. The Morgan fingerprint density at radius 3 is 2.90 bits per heavy atom. The van der Waals surface area contributed by atoms with Crippen LogP contribution < -0.4 is 0 Å². The minimum absolute atomic E-state index is 0.0346. The number of rotatable bonds is 3. The third-order valence-electron chi connectivity index (χ3n) is 2.97. The second-order valence-corrected chi connectivity index (χ2v) is 6.19. The van der Waals surface area contributed by atoms with Crippen LogP contribution in [0, 0.1) is 0 Å². The fraction of sp³-hybridized carbons (Fsp3) is 0.429. The Balaban J connectivity index is 2.08. The molecule has 6 heteroatoms. The van der Waals surface area contributed by atoms with E-state index in [4.69, 9.17) is 9.84 Å². The molecule has 1 amide bonds. The third kappa shape index (κ3) is 3.68. The molecular weight excluding hydrogens is 278 g/mol. The van der Waals surface area contributed by atoms with E-state index in [1.165, 1.54) is 17.4 Å². The molecule has 1 aliphatic rings. The average Bonchev–Trinajstić information content (AvgIpc) is 2.83. The van der Waals surface area contributed by atoms with E-state index in [1.807, 2.05) is 13.8 Å². The lowest BCUT2D eigenvalue weighted by molar-refractivity contribution is -0.131. The molecule has 1 N–H and O–H groups in total. The van der Waals surface area contributed by atoms with Gasteiger partial charge in [0.2, 0.25) is 0 Å². The summed E-state index contributed by atoms with van der Waals surface area (Å²) in [7, 11) is 0. The predicted molar refractivity (Wildman–Crippen MR) is 76.9 cm³/mol. The average molecular weight is 295 g/mol. The zero-order valence-electron chi connectivity index (χ0n) is 11.5. The Hall–Kier alpha value is -1.66. The molecule has 0 aromatic carbocycles. The fourth-order valence-corrected chi connectivity index (χ4v) is 2.85. The molecule has 0 saturated carbocycles. The van der Waals surface area contributed by atoms with Gasteiger partial charge in [-0.1, -0.05) is 0 Å². The molecule has 0 radical (unpaired) electrons. The first-order valence-corrected chi connectivity index (χ1v) is 7.18. The van der Waals surface area contributed by atoms with Crippen molar-refractivity contribution in [1.29, 1.82) is 0 Å². The van der Waals surface area contributed by atoms with Crippen molar-refractivity contribution in [3.05, 3.63) is 28.0 Å². The largest absolute Gasteiger partial charge is 0.478 e. The number of carboxylic acid groups (broad SMARTS) is 1. The van der Waals surface area contributed by atoms with Crippen molar-refractivity contribution < 1.29 is 19.4 Å². The van der Waals surface area contributed by atoms with Gasteiger partial charge in [0, 0.05) is 29.4 Å². The molecule has 108 valence electrons. The quantitative estimate of drug-likeness (QED) is 0.867. The van der Waals surface area contributed by atoms with Gasteiger partial charge in [-0.3, -0.25) is 4.79 Å². The minimum atomic E-state index is -0.999. The summed E-state index contributed by atoms with van der Waals surface area (Å²) in [6.45, 7) is 5.59. The van der Waals surface area contributed by atoms with Crippen molar-refractivity contribution in [3.8, 4) is 0 Å². The highest BCUT2D eigenvalue weighted by Crippen LogP contribution is 2.22. The molecule has 0 spiro atoms. The second kappa shape index (κ2) is 5.76. The summed E-state index contributed by atoms with van der Waals surface area (Å²) in [5.41, 5.74) is 0.272. The van der Waals surface area contributed by atoms with Crippen LogP contribution in [-0.2, 0) is 9.53 Å². The molecule has 1 aromatic heterocycles. The normalized spacial score (nSPS) is 18.4. The van der Waals surface area contributed by atoms with Crippen LogP contribution in [0.3, 0.4) is 0 Å². The third-order valence-corrected chi connectivity index (χ3v) is 3.87. The van der Waals surface area contributed by atoms with Gasteiger partial charge >= 0.3 is 5.97 Å². The molecule has 2 heterocycles. The van der Waals surface area contributed by atoms with Crippen molar-refractivity contribution in [1.82, 2.24) is 4.90 Å². The number of carboxylic acids is 1. The van der Waals surface area contributed by atoms with Gasteiger partial charge in [-0.15, -0.1) is 11.3 Å². The van der Waals surface area contributed by atoms with Crippen LogP contribution in [0.15, 0.2) is 17.5 Å². The number of carbonyl (C=O) groups excluding carboxylic acids is 1. The minimum Gasteiger partial charge on any atom is -0.478 e. The summed E-state index contributed by atoms with van der Waals surface area (Å²) in [4.78, 5) is 25.4. The highest BCUT2D eigenvalue weighted by atomic mass is 32.1. The van der Waals surface area contributed by atoms with E-state index >= 15 is 0 Å². The van der Waals surface area contributed by atoms with Gasteiger partial charge in [0.15, 0.2) is 0 Å². The van der Waals surface area contributed by atoms with Gasteiger partial charge in [-0.2, -0.15) is 0 Å². The summed E-state index contributed by atoms with van der Waals surface area (Å²) < 4.78 is 5.58. The molecule has 1 saturated heterocycles. The van der Waals surface area contributed by atoms with Gasteiger partial charge in [0.1, 0.15) is 0 Å². The molecule has 0 unspecified atom stereocenters. The molecule has 2 rings (SSSR count). The Bertz CT molecular complexity index is 547. The lowest BCUT2D eigenvalue weighted by atomic mass is 10.1. The molecule has 1 aromatic rings. The lowest BCUT2D eigenvalue weighted by Gasteiger charge is -2.38. The van der Waals surface area contributed by atoms with Crippen molar-refractivity contribution in [2.75, 3.05) is 19.7 Å². The van der Waals surface area contributed by atoms with E-state index in [2.05, 4.69) is 0 Å². The Morgan fingerprint density at radius 2 is 2.25 bits per heavy atom. The van der Waals surface area contributed by atoms with Crippen LogP contribution in [0.25, 0.3) is 6.08 Å². The van der Waals surface area contributed by atoms with Crippen molar-refractivity contribution in [2.24, 2.45) is 0 Å². The molecule has 1 aliphatic heterocycles. The van der Waals surface area contributed by atoms with Gasteiger partial charge in [-0.25, -0.2) is 4.79 Å². The molecular formula is C14H17NO4S. The van der Waals surface area contributed by atoms with Gasteiger partial charge in [0.05, 0.1) is 17.8 Å². The lowest BCUT2D eigenvalue weighted by Crippen LogP contribution is -2.50. The van der Waals surface area contributed by atoms with Gasteiger partial charge < -0.3 is 14.7 Å². The number of nitrogens with zero attached hydrogens (tertiary/aromatic N) is 1. The summed E-state index contributed by atoms with van der Waals surface area (Å²) in [6, 6.07) is 1.72. The Morgan fingerprint density at radius 1 is 1.50 bits per heavy atom. The second-order valence-electron chi connectivity index (χ2n) is 5.24. The Kier molecular flexibility index (Phi) is 4.25. The number of aliphatic carboxylic acids is 1. The zero-order valence-corrected chi connectivity index (χ0v) is 12.3. The number of hydrogen-bond acceptors (Lipinski definition) is 4. The number of ether oxygens (including phenoxy) is 1. The van der Waals surface area contributed by atoms with Crippen LogP contribution in [0.4, 0.5) is 0 Å². The van der Waals surface area contributed by atoms with Crippen LogP contribution in [0.1, 0.15) is 29.1 Å². The van der Waals surface area contributed by atoms with E-state index < -0.39 is 5.97 Å². The summed E-state index contributed by atoms with van der Waals surface area (Å²) >= 11 is 1.35. The smallest absolute Gasteiger partial charge is 0.328 e. The molecule has 20 heavy (non-hydrogen) atoms. The monoisotopic (exact) mass is 295 g/mol. The van der Waals surface area contributed by atoms with Gasteiger partial charge in [0.25, 0.3) is 5.91 Å². The first-order valence-electron chi connectivity index (χ1n) is 6.30. The van der Waals surface area contributed by atoms with Crippen LogP contribution >= 0.6 is 11.3 Å². The number of morpholine rings is 1. The number of thiophene rings is 1. The van der Waals surface area contributed by atoms with E-state index in [9.17, 15) is 9.59 Å². The maximum atomic E-state index is 12.4. The SMILES string of the molecule is CC1(C)CN(C(=O)c2csc(C=CC(=O)O)c2)CCO1. The number of carbonyl (C=O) groups is 2. The van der Waals surface area contributed by atoms with Crippen molar-refractivity contribution in [3.63, 3.8) is 0 Å². The molecule has 0 aliphatic carbocycles. The maximum Gasteiger partial charge on any atom is 0.328 e. The molecule has 5 nitrogen and oxygen atoms in total. The molecule has 1 fully saturated rings. The van der Waals surface area contributed by atoms with Crippen LogP contribution in [-0.4, -0.2) is 47.2 Å². The highest BCUT2D eigenvalue weighted by molar-refractivity contribution is 7.11. The van der Waals surface area contributed by atoms with Crippen LogP contribution in [0.2, 0.25) is 0 Å². The zero-order chi connectivity index (χ0) is 14.8. The van der Waals surface area contributed by atoms with Gasteiger partial charge in [-0.05, 0) is 26.0 Å². The first kappa shape index (κ1) is 14.7. The Labute approximate surface area is 121 Å². The first-order chi connectivity index (χ1) is 9.37. The van der Waals surface area contributed by atoms with E-state index in [-0.39, 0.29) is 11.5 Å². The van der Waals surface area contributed by atoms with Crippen molar-refractivity contribution in [2.45, 2.75) is 19.4 Å². The molecule has 0 bridgehead atoms. The highest BCUT2D eigenvalue weighted by Gasteiger charge is 2.30. The topological polar surface area (TPSA) is 66.8 Å². The summed E-state index contributed by atoms with van der Waals surface area (Å²) in [6.07, 6.45) is 2.56. The van der Waals surface area contributed by atoms with Crippen molar-refractivity contribution >= 4 is 29.3 Å². The standard InChI is InChI=1S/C14H17NO4S/c1-14(2)9-15(5-6-19-14)13(18)10-7-11(20-8-10)3-4-12(16)17/h3-4,7-8H,5-6,9H2,1-2H3,(H,16,17).